The van der Waals surface area contributed by atoms with Gasteiger partial charge < -0.3 is 15.1 Å². The van der Waals surface area contributed by atoms with Crippen LogP contribution in [-0.4, -0.2) is 92.5 Å². The molecule has 3 heterocycles. The van der Waals surface area contributed by atoms with E-state index in [0.29, 0.717) is 37.1 Å². The number of hydrogen-bond acceptors (Lipinski definition) is 5. The fourth-order valence-corrected chi connectivity index (χ4v) is 6.55. The zero-order valence-corrected chi connectivity index (χ0v) is 21.3. The highest BCUT2D eigenvalue weighted by Gasteiger charge is 2.48. The van der Waals surface area contributed by atoms with E-state index in [2.05, 4.69) is 15.3 Å². The standard InChI is InChI=1S/C26H40N6O3/c1-3-31-24(34)22-17-21(23(33)30-15-13-29(14-16-30)20-11-5-4-6-12-20)28-32(22)18-26(31,2)25(35)27-19-9-7-8-10-19/h17,19-20H,3-16,18H2,1-2H3,(H,27,35). The van der Waals surface area contributed by atoms with Gasteiger partial charge in [0, 0.05) is 50.9 Å². The van der Waals surface area contributed by atoms with Crippen LogP contribution in [0.2, 0.25) is 0 Å². The van der Waals surface area contributed by atoms with Crippen LogP contribution in [0.4, 0.5) is 0 Å². The van der Waals surface area contributed by atoms with Crippen molar-refractivity contribution in [3.8, 4) is 0 Å². The van der Waals surface area contributed by atoms with Crippen LogP contribution < -0.4 is 5.32 Å². The molecular formula is C26H40N6O3. The molecule has 35 heavy (non-hydrogen) atoms. The Morgan fingerprint density at radius 2 is 1.69 bits per heavy atom. The molecule has 1 unspecified atom stereocenters. The van der Waals surface area contributed by atoms with Crippen molar-refractivity contribution in [1.82, 2.24) is 29.8 Å². The summed E-state index contributed by atoms with van der Waals surface area (Å²) in [5.74, 6) is -0.493. The Morgan fingerprint density at radius 1 is 1.03 bits per heavy atom. The monoisotopic (exact) mass is 484 g/mol. The second kappa shape index (κ2) is 9.91. The van der Waals surface area contributed by atoms with Crippen molar-refractivity contribution in [2.45, 2.75) is 95.8 Å². The van der Waals surface area contributed by atoms with Crippen molar-refractivity contribution in [3.63, 3.8) is 0 Å². The maximum atomic E-state index is 13.4. The number of rotatable bonds is 5. The van der Waals surface area contributed by atoms with Gasteiger partial charge >= 0.3 is 0 Å². The summed E-state index contributed by atoms with van der Waals surface area (Å²) in [6, 6.07) is 2.46. The van der Waals surface area contributed by atoms with Crippen molar-refractivity contribution in [2.24, 2.45) is 0 Å². The summed E-state index contributed by atoms with van der Waals surface area (Å²) in [5, 5.41) is 7.71. The highest BCUT2D eigenvalue weighted by molar-refractivity contribution is 6.02. The zero-order chi connectivity index (χ0) is 24.6. The predicted molar refractivity (Wildman–Crippen MR) is 132 cm³/mol. The van der Waals surface area contributed by atoms with E-state index in [0.717, 1.165) is 38.8 Å². The molecule has 0 spiro atoms. The van der Waals surface area contributed by atoms with Gasteiger partial charge in [0.25, 0.3) is 11.8 Å². The first-order valence-corrected chi connectivity index (χ1v) is 13.6. The van der Waals surface area contributed by atoms with E-state index in [1.807, 2.05) is 18.7 Å². The maximum absolute atomic E-state index is 13.4. The summed E-state index contributed by atoms with van der Waals surface area (Å²) in [6.07, 6.45) is 10.7. The molecule has 9 nitrogen and oxygen atoms in total. The lowest BCUT2D eigenvalue weighted by Crippen LogP contribution is -2.64. The largest absolute Gasteiger partial charge is 0.351 e. The van der Waals surface area contributed by atoms with Crippen LogP contribution in [0.3, 0.4) is 0 Å². The quantitative estimate of drug-likeness (QED) is 0.692. The number of fused-ring (bicyclic) bond motifs is 1. The van der Waals surface area contributed by atoms with Gasteiger partial charge in [-0.05, 0) is 39.5 Å². The minimum absolute atomic E-state index is 0.122. The van der Waals surface area contributed by atoms with Crippen molar-refractivity contribution < 1.29 is 14.4 Å². The van der Waals surface area contributed by atoms with Crippen molar-refractivity contribution in [1.29, 1.82) is 0 Å². The minimum atomic E-state index is -1.03. The van der Waals surface area contributed by atoms with E-state index in [9.17, 15) is 14.4 Å². The molecule has 9 heteroatoms. The van der Waals surface area contributed by atoms with Crippen LogP contribution in [0, 0.1) is 0 Å². The Morgan fingerprint density at radius 3 is 2.34 bits per heavy atom. The summed E-state index contributed by atoms with van der Waals surface area (Å²) >= 11 is 0. The number of piperazine rings is 1. The summed E-state index contributed by atoms with van der Waals surface area (Å²) < 4.78 is 1.58. The van der Waals surface area contributed by atoms with Gasteiger partial charge in [-0.25, -0.2) is 0 Å². The molecule has 1 atom stereocenters. The minimum Gasteiger partial charge on any atom is -0.351 e. The molecule has 2 saturated carbocycles. The average molecular weight is 485 g/mol. The first-order valence-electron chi connectivity index (χ1n) is 13.6. The van der Waals surface area contributed by atoms with Crippen LogP contribution in [0.25, 0.3) is 0 Å². The smallest absolute Gasteiger partial charge is 0.274 e. The molecule has 0 radical (unpaired) electrons. The lowest BCUT2D eigenvalue weighted by molar-refractivity contribution is -0.133. The van der Waals surface area contributed by atoms with Crippen molar-refractivity contribution in [2.75, 3.05) is 32.7 Å². The summed E-state index contributed by atoms with van der Waals surface area (Å²) in [5.41, 5.74) is -0.336. The number of likely N-dealkylation sites (N-methyl/N-ethyl adjacent to an activating group) is 1. The Balaban J connectivity index is 1.28. The van der Waals surface area contributed by atoms with E-state index < -0.39 is 5.54 Å². The van der Waals surface area contributed by atoms with Crippen LogP contribution in [0.5, 0.6) is 0 Å². The Hall–Kier alpha value is -2.42. The fourth-order valence-electron chi connectivity index (χ4n) is 6.55. The maximum Gasteiger partial charge on any atom is 0.274 e. The van der Waals surface area contributed by atoms with Gasteiger partial charge in [-0.1, -0.05) is 32.1 Å². The average Bonchev–Trinajstić information content (AvgIpc) is 3.54. The third-order valence-corrected chi connectivity index (χ3v) is 8.71. The first-order chi connectivity index (χ1) is 16.9. The fraction of sp³-hybridized carbons (Fsp3) is 0.769. The van der Waals surface area contributed by atoms with E-state index in [4.69, 9.17) is 0 Å². The third-order valence-electron chi connectivity index (χ3n) is 8.71. The van der Waals surface area contributed by atoms with Crippen molar-refractivity contribution >= 4 is 17.7 Å². The molecule has 4 aliphatic rings. The molecule has 2 aliphatic carbocycles. The van der Waals surface area contributed by atoms with E-state index in [-0.39, 0.29) is 30.3 Å². The van der Waals surface area contributed by atoms with Gasteiger partial charge in [0.2, 0.25) is 5.91 Å². The number of carbonyl (C=O) groups excluding carboxylic acids is 3. The molecule has 1 saturated heterocycles. The molecule has 1 N–H and O–H groups in total. The van der Waals surface area contributed by atoms with Crippen LogP contribution in [0.15, 0.2) is 6.07 Å². The second-order valence-corrected chi connectivity index (χ2v) is 11.0. The van der Waals surface area contributed by atoms with Crippen LogP contribution >= 0.6 is 0 Å². The summed E-state index contributed by atoms with van der Waals surface area (Å²) in [6.45, 7) is 7.55. The van der Waals surface area contributed by atoms with Gasteiger partial charge in [0.1, 0.15) is 11.2 Å². The molecule has 5 rings (SSSR count). The SMILES string of the molecule is CCN1C(=O)c2cc(C(=O)N3CCN(C4CCCCC4)CC3)nn2CC1(C)C(=O)NC1CCCC1. The topological polar surface area (TPSA) is 90.8 Å². The number of aromatic nitrogens is 2. The Labute approximate surface area is 208 Å². The second-order valence-electron chi connectivity index (χ2n) is 11.0. The van der Waals surface area contributed by atoms with E-state index >= 15 is 0 Å². The van der Waals surface area contributed by atoms with Gasteiger partial charge in [0.05, 0.1) is 6.54 Å². The zero-order valence-electron chi connectivity index (χ0n) is 21.3. The number of hydrogen-bond donors (Lipinski definition) is 1. The van der Waals surface area contributed by atoms with Crippen LogP contribution in [-0.2, 0) is 11.3 Å². The van der Waals surface area contributed by atoms with Gasteiger partial charge in [0.15, 0.2) is 5.69 Å². The third kappa shape index (κ3) is 4.59. The number of carbonyl (C=O) groups is 3. The van der Waals surface area contributed by atoms with Crippen LogP contribution in [0.1, 0.15) is 92.6 Å². The predicted octanol–water partition coefficient (Wildman–Crippen LogP) is 2.27. The lowest BCUT2D eigenvalue weighted by atomic mass is 9.94. The Kier molecular flexibility index (Phi) is 6.88. The molecule has 3 fully saturated rings. The summed E-state index contributed by atoms with van der Waals surface area (Å²) in [7, 11) is 0. The highest BCUT2D eigenvalue weighted by atomic mass is 16.2. The molecule has 3 amide bonds. The van der Waals surface area contributed by atoms with Gasteiger partial charge in [-0.2, -0.15) is 5.10 Å². The molecule has 0 aromatic carbocycles. The number of nitrogens with zero attached hydrogens (tertiary/aromatic N) is 5. The Bertz CT molecular complexity index is 956. The molecule has 192 valence electrons. The number of amides is 3. The molecule has 2 aliphatic heterocycles. The van der Waals surface area contributed by atoms with E-state index in [1.54, 1.807) is 15.6 Å². The van der Waals surface area contributed by atoms with Crippen molar-refractivity contribution in [3.05, 3.63) is 17.5 Å². The summed E-state index contributed by atoms with van der Waals surface area (Å²) in [4.78, 5) is 46.1. The van der Waals surface area contributed by atoms with E-state index in [1.165, 1.54) is 32.1 Å². The van der Waals surface area contributed by atoms with Gasteiger partial charge in [-0.3, -0.25) is 24.0 Å². The molecule has 0 bridgehead atoms. The molecule has 1 aromatic heterocycles. The first kappa shape index (κ1) is 24.3. The molecule has 1 aromatic rings. The normalized spacial score (nSPS) is 26.7. The number of nitrogens with one attached hydrogen (secondary N) is 1. The highest BCUT2D eigenvalue weighted by Crippen LogP contribution is 2.29. The van der Waals surface area contributed by atoms with Gasteiger partial charge in [-0.15, -0.1) is 0 Å². The lowest BCUT2D eigenvalue weighted by Gasteiger charge is -2.43. The molecular weight excluding hydrogens is 444 g/mol.